The molecule has 0 saturated carbocycles. The molecule has 1 fully saturated rings. The van der Waals surface area contributed by atoms with Crippen molar-refractivity contribution >= 4 is 22.9 Å². The van der Waals surface area contributed by atoms with Crippen LogP contribution in [0.15, 0.2) is 24.3 Å². The zero-order valence-electron chi connectivity index (χ0n) is 14.4. The zero-order valence-corrected chi connectivity index (χ0v) is 15.2. The number of hydrogen-bond donors (Lipinski definition) is 0. The Hall–Kier alpha value is -2.08. The van der Waals surface area contributed by atoms with Crippen LogP contribution in [0.2, 0.25) is 0 Å². The third-order valence-corrected chi connectivity index (χ3v) is 5.49. The Labute approximate surface area is 146 Å². The number of benzene rings is 1. The van der Waals surface area contributed by atoms with Crippen molar-refractivity contribution in [1.29, 1.82) is 0 Å². The second kappa shape index (κ2) is 7.21. The number of amides is 1. The molecule has 1 amide bonds. The summed E-state index contributed by atoms with van der Waals surface area (Å²) in [4.78, 5) is 22.1. The number of para-hydroxylation sites is 1. The smallest absolute Gasteiger partial charge is 0.273 e. The van der Waals surface area contributed by atoms with Gasteiger partial charge in [0.05, 0.1) is 12.8 Å². The number of carbonyl (C=O) groups is 1. The Kier molecular flexibility index (Phi) is 5.04. The quantitative estimate of drug-likeness (QED) is 0.857. The van der Waals surface area contributed by atoms with E-state index < -0.39 is 0 Å². The Morgan fingerprint density at radius 1 is 1.17 bits per heavy atom. The highest BCUT2D eigenvalue weighted by Crippen LogP contribution is 2.26. The first-order valence-electron chi connectivity index (χ1n) is 8.21. The van der Waals surface area contributed by atoms with Gasteiger partial charge < -0.3 is 14.5 Å². The van der Waals surface area contributed by atoms with Crippen molar-refractivity contribution in [3.05, 3.63) is 40.4 Å². The molecule has 0 aliphatic carbocycles. The number of methoxy groups -OCH3 is 1. The number of anilines is 1. The predicted molar refractivity (Wildman–Crippen MR) is 97.3 cm³/mol. The normalized spacial score (nSPS) is 15.3. The second-order valence-corrected chi connectivity index (χ2v) is 6.98. The summed E-state index contributed by atoms with van der Waals surface area (Å²) in [5.41, 5.74) is 3.30. The van der Waals surface area contributed by atoms with Crippen LogP contribution in [0.25, 0.3) is 0 Å². The first-order valence-corrected chi connectivity index (χ1v) is 9.03. The average Bonchev–Trinajstić information content (AvgIpc) is 2.80. The molecule has 0 bridgehead atoms. The number of nitrogens with zero attached hydrogens (tertiary/aromatic N) is 3. The fourth-order valence-corrected chi connectivity index (χ4v) is 3.93. The highest BCUT2D eigenvalue weighted by atomic mass is 32.1. The third-order valence-electron chi connectivity index (χ3n) is 4.39. The summed E-state index contributed by atoms with van der Waals surface area (Å²) in [7, 11) is 1.58. The molecule has 6 heteroatoms. The number of hydrogen-bond acceptors (Lipinski definition) is 5. The minimum atomic E-state index is 0.0694. The van der Waals surface area contributed by atoms with Gasteiger partial charge in [0.1, 0.15) is 4.88 Å². The maximum Gasteiger partial charge on any atom is 0.273 e. The van der Waals surface area contributed by atoms with Gasteiger partial charge in [-0.25, -0.2) is 4.98 Å². The van der Waals surface area contributed by atoms with Crippen molar-refractivity contribution in [3.8, 4) is 5.19 Å². The number of ether oxygens (including phenoxy) is 1. The lowest BCUT2D eigenvalue weighted by Gasteiger charge is -2.25. The van der Waals surface area contributed by atoms with E-state index in [1.807, 2.05) is 11.8 Å². The van der Waals surface area contributed by atoms with Gasteiger partial charge in [-0.2, -0.15) is 0 Å². The molecule has 1 aromatic heterocycles. The van der Waals surface area contributed by atoms with Crippen LogP contribution >= 0.6 is 11.3 Å². The molecule has 0 N–H and O–H groups in total. The molecule has 0 atom stereocenters. The van der Waals surface area contributed by atoms with Crippen LogP contribution in [0, 0.1) is 13.8 Å². The molecule has 1 saturated heterocycles. The van der Waals surface area contributed by atoms with Crippen LogP contribution in [-0.2, 0) is 0 Å². The second-order valence-electron chi connectivity index (χ2n) is 6.02. The Morgan fingerprint density at radius 2 is 1.96 bits per heavy atom. The van der Waals surface area contributed by atoms with Gasteiger partial charge in [0.25, 0.3) is 11.1 Å². The number of carbonyl (C=O) groups excluding carboxylic acids is 1. The molecule has 1 aliphatic rings. The Morgan fingerprint density at radius 3 is 2.67 bits per heavy atom. The number of aryl methyl sites for hydroxylation is 2. The highest BCUT2D eigenvalue weighted by molar-refractivity contribution is 7.15. The standard InChI is InChI=1S/C18H23N3O2S/c1-13-7-4-5-8-15(13)20-9-6-10-21(12-11-20)17(22)16-14(2)19-18(23-3)24-16/h4-5,7-8H,6,9-12H2,1-3H3. The molecule has 2 aromatic rings. The number of thiazole rings is 1. The van der Waals surface area contributed by atoms with E-state index in [1.54, 1.807) is 7.11 Å². The lowest BCUT2D eigenvalue weighted by atomic mass is 10.2. The first-order chi connectivity index (χ1) is 11.6. The molecule has 0 spiro atoms. The van der Waals surface area contributed by atoms with E-state index >= 15 is 0 Å². The van der Waals surface area contributed by atoms with Crippen LogP contribution < -0.4 is 9.64 Å². The Bertz CT molecular complexity index is 729. The van der Waals surface area contributed by atoms with Crippen molar-refractivity contribution in [1.82, 2.24) is 9.88 Å². The topological polar surface area (TPSA) is 45.7 Å². The van der Waals surface area contributed by atoms with Gasteiger partial charge in [0, 0.05) is 31.9 Å². The summed E-state index contributed by atoms with van der Waals surface area (Å²) < 4.78 is 5.15. The van der Waals surface area contributed by atoms with Gasteiger partial charge in [-0.15, -0.1) is 0 Å². The summed E-state index contributed by atoms with van der Waals surface area (Å²) in [6, 6.07) is 8.43. The largest absolute Gasteiger partial charge is 0.473 e. The van der Waals surface area contributed by atoms with Crippen LogP contribution in [0.1, 0.15) is 27.3 Å². The molecule has 1 aliphatic heterocycles. The molecular formula is C18H23N3O2S. The van der Waals surface area contributed by atoms with E-state index in [-0.39, 0.29) is 5.91 Å². The first kappa shape index (κ1) is 16.8. The lowest BCUT2D eigenvalue weighted by molar-refractivity contribution is 0.0771. The van der Waals surface area contributed by atoms with E-state index in [4.69, 9.17) is 4.74 Å². The maximum absolute atomic E-state index is 12.8. The van der Waals surface area contributed by atoms with E-state index in [0.29, 0.717) is 10.1 Å². The highest BCUT2D eigenvalue weighted by Gasteiger charge is 2.24. The molecular weight excluding hydrogens is 322 g/mol. The minimum Gasteiger partial charge on any atom is -0.473 e. The van der Waals surface area contributed by atoms with Crippen molar-refractivity contribution in [3.63, 3.8) is 0 Å². The SMILES string of the molecule is COc1nc(C)c(C(=O)N2CCCN(c3ccccc3C)CC2)s1. The molecule has 128 valence electrons. The minimum absolute atomic E-state index is 0.0694. The number of rotatable bonds is 3. The summed E-state index contributed by atoms with van der Waals surface area (Å²) >= 11 is 1.33. The van der Waals surface area contributed by atoms with Gasteiger partial charge in [0.15, 0.2) is 0 Å². The molecule has 2 heterocycles. The van der Waals surface area contributed by atoms with Gasteiger partial charge in [-0.1, -0.05) is 29.5 Å². The van der Waals surface area contributed by atoms with E-state index in [1.165, 1.54) is 22.6 Å². The molecule has 0 unspecified atom stereocenters. The van der Waals surface area contributed by atoms with E-state index in [2.05, 4.69) is 41.1 Å². The molecule has 5 nitrogen and oxygen atoms in total. The number of aromatic nitrogens is 1. The van der Waals surface area contributed by atoms with E-state index in [9.17, 15) is 4.79 Å². The maximum atomic E-state index is 12.8. The average molecular weight is 345 g/mol. The fourth-order valence-electron chi connectivity index (χ4n) is 3.08. The molecule has 24 heavy (non-hydrogen) atoms. The van der Waals surface area contributed by atoms with Crippen LogP contribution in [-0.4, -0.2) is 49.1 Å². The summed E-state index contributed by atoms with van der Waals surface area (Å²) in [5.74, 6) is 0.0694. The van der Waals surface area contributed by atoms with Crippen molar-refractivity contribution in [2.75, 3.05) is 38.2 Å². The van der Waals surface area contributed by atoms with Crippen LogP contribution in [0.4, 0.5) is 5.69 Å². The van der Waals surface area contributed by atoms with Crippen molar-refractivity contribution in [2.45, 2.75) is 20.3 Å². The molecule has 3 rings (SSSR count). The van der Waals surface area contributed by atoms with Gasteiger partial charge >= 0.3 is 0 Å². The summed E-state index contributed by atoms with van der Waals surface area (Å²) in [6.45, 7) is 7.33. The summed E-state index contributed by atoms with van der Waals surface area (Å²) in [5, 5.41) is 0.548. The van der Waals surface area contributed by atoms with Crippen molar-refractivity contribution in [2.24, 2.45) is 0 Å². The van der Waals surface area contributed by atoms with E-state index in [0.717, 1.165) is 38.3 Å². The fraction of sp³-hybridized carbons (Fsp3) is 0.444. The van der Waals surface area contributed by atoms with Gasteiger partial charge in [-0.05, 0) is 31.9 Å². The van der Waals surface area contributed by atoms with Crippen LogP contribution in [0.5, 0.6) is 5.19 Å². The molecule has 0 radical (unpaired) electrons. The van der Waals surface area contributed by atoms with Crippen molar-refractivity contribution < 1.29 is 9.53 Å². The lowest BCUT2D eigenvalue weighted by Crippen LogP contribution is -2.35. The van der Waals surface area contributed by atoms with Crippen LogP contribution in [0.3, 0.4) is 0 Å². The molecule has 1 aromatic carbocycles. The monoisotopic (exact) mass is 345 g/mol. The summed E-state index contributed by atoms with van der Waals surface area (Å²) in [6.07, 6.45) is 0.967. The Balaban J connectivity index is 1.72. The predicted octanol–water partition coefficient (Wildman–Crippen LogP) is 3.12. The van der Waals surface area contributed by atoms with Gasteiger partial charge in [-0.3, -0.25) is 4.79 Å². The third kappa shape index (κ3) is 3.38. The van der Waals surface area contributed by atoms with Gasteiger partial charge in [0.2, 0.25) is 0 Å². The zero-order chi connectivity index (χ0) is 17.1.